The minimum absolute atomic E-state index is 0.162. The second kappa shape index (κ2) is 8.26. The number of carbonyl (C=O) groups excluding carboxylic acids is 2. The highest BCUT2D eigenvalue weighted by molar-refractivity contribution is 9.10. The van der Waals surface area contributed by atoms with Crippen LogP contribution in [0.15, 0.2) is 40.9 Å². The van der Waals surface area contributed by atoms with E-state index in [1.54, 1.807) is 0 Å². The second-order valence-corrected chi connectivity index (χ2v) is 6.70. The van der Waals surface area contributed by atoms with Crippen LogP contribution in [0.4, 0.5) is 23.2 Å². The van der Waals surface area contributed by atoms with Gasteiger partial charge in [-0.1, -0.05) is 27.5 Å². The minimum Gasteiger partial charge on any atom is -0.449 e. The van der Waals surface area contributed by atoms with Crippen molar-refractivity contribution in [2.75, 3.05) is 5.32 Å². The van der Waals surface area contributed by atoms with Crippen molar-refractivity contribution in [2.24, 2.45) is 0 Å². The first-order chi connectivity index (χ1) is 12.5. The molecule has 0 aliphatic carbocycles. The van der Waals surface area contributed by atoms with Crippen LogP contribution in [0, 0.1) is 5.82 Å². The standard InChI is InChI=1S/C17H11BrClF4NO3/c1-8(27-16(26)11-4-2-9(18)6-13(11)20)15(25)24-14-5-3-10(19)7-12(14)17(21,22)23/h2-8H,1H3,(H,24,25). The van der Waals surface area contributed by atoms with E-state index < -0.39 is 46.8 Å². The van der Waals surface area contributed by atoms with Gasteiger partial charge in [0.2, 0.25) is 0 Å². The SMILES string of the molecule is CC(OC(=O)c1ccc(Br)cc1F)C(=O)Nc1ccc(Cl)cc1C(F)(F)F. The van der Waals surface area contributed by atoms with Gasteiger partial charge < -0.3 is 10.1 Å². The number of benzene rings is 2. The van der Waals surface area contributed by atoms with Gasteiger partial charge in [0.15, 0.2) is 6.10 Å². The number of carbonyl (C=O) groups is 2. The summed E-state index contributed by atoms with van der Waals surface area (Å²) < 4.78 is 58.1. The quantitative estimate of drug-likeness (QED) is 0.480. The van der Waals surface area contributed by atoms with Crippen molar-refractivity contribution in [2.45, 2.75) is 19.2 Å². The number of ether oxygens (including phenoxy) is 1. The highest BCUT2D eigenvalue weighted by Gasteiger charge is 2.34. The molecule has 1 amide bonds. The molecule has 1 atom stereocenters. The fourth-order valence-corrected chi connectivity index (χ4v) is 2.53. The minimum atomic E-state index is -4.76. The molecule has 0 saturated heterocycles. The molecule has 0 spiro atoms. The molecule has 4 nitrogen and oxygen atoms in total. The van der Waals surface area contributed by atoms with Crippen LogP contribution in [0.25, 0.3) is 0 Å². The lowest BCUT2D eigenvalue weighted by atomic mass is 10.1. The highest BCUT2D eigenvalue weighted by atomic mass is 79.9. The number of hydrogen-bond donors (Lipinski definition) is 1. The number of anilines is 1. The lowest BCUT2D eigenvalue weighted by molar-refractivity contribution is -0.137. The molecule has 0 aliphatic rings. The third kappa shape index (κ3) is 5.43. The number of rotatable bonds is 4. The Morgan fingerprint density at radius 2 is 1.85 bits per heavy atom. The molecule has 2 rings (SSSR count). The number of hydrogen-bond acceptors (Lipinski definition) is 3. The predicted octanol–water partition coefficient (Wildman–Crippen LogP) is 5.44. The summed E-state index contributed by atoms with van der Waals surface area (Å²) in [5.74, 6) is -3.03. The summed E-state index contributed by atoms with van der Waals surface area (Å²) in [7, 11) is 0. The Morgan fingerprint density at radius 1 is 1.19 bits per heavy atom. The average molecular weight is 469 g/mol. The molecule has 10 heteroatoms. The normalized spacial score (nSPS) is 12.4. The van der Waals surface area contributed by atoms with E-state index in [9.17, 15) is 27.2 Å². The van der Waals surface area contributed by atoms with Crippen molar-refractivity contribution >= 4 is 45.1 Å². The van der Waals surface area contributed by atoms with Gasteiger partial charge >= 0.3 is 12.1 Å². The summed E-state index contributed by atoms with van der Waals surface area (Å²) in [4.78, 5) is 24.1. The number of amides is 1. The molecule has 2 aromatic carbocycles. The molecule has 0 radical (unpaired) electrons. The Kier molecular flexibility index (Phi) is 6.48. The Morgan fingerprint density at radius 3 is 2.44 bits per heavy atom. The summed E-state index contributed by atoms with van der Waals surface area (Å²) in [6, 6.07) is 6.38. The first kappa shape index (κ1) is 21.2. The van der Waals surface area contributed by atoms with Gasteiger partial charge in [-0.25, -0.2) is 9.18 Å². The van der Waals surface area contributed by atoms with E-state index in [-0.39, 0.29) is 5.02 Å². The van der Waals surface area contributed by atoms with Crippen LogP contribution in [-0.4, -0.2) is 18.0 Å². The first-order valence-electron chi connectivity index (χ1n) is 7.32. The second-order valence-electron chi connectivity index (χ2n) is 5.35. The van der Waals surface area contributed by atoms with Crippen molar-refractivity contribution in [3.8, 4) is 0 Å². The van der Waals surface area contributed by atoms with Gasteiger partial charge in [-0.2, -0.15) is 13.2 Å². The maximum Gasteiger partial charge on any atom is 0.418 e. The van der Waals surface area contributed by atoms with Crippen LogP contribution < -0.4 is 5.32 Å². The van der Waals surface area contributed by atoms with E-state index in [0.717, 1.165) is 25.1 Å². The van der Waals surface area contributed by atoms with Crippen LogP contribution >= 0.6 is 27.5 Å². The van der Waals surface area contributed by atoms with Crippen LogP contribution in [-0.2, 0) is 15.7 Å². The Labute approximate surface area is 164 Å². The summed E-state index contributed by atoms with van der Waals surface area (Å²) in [5, 5.41) is 1.87. The Balaban J connectivity index is 2.13. The largest absolute Gasteiger partial charge is 0.449 e. The van der Waals surface area contributed by atoms with Gasteiger partial charge in [0.1, 0.15) is 5.82 Å². The molecule has 0 aliphatic heterocycles. The lowest BCUT2D eigenvalue weighted by Gasteiger charge is -2.17. The van der Waals surface area contributed by atoms with Gasteiger partial charge in [-0.3, -0.25) is 4.79 Å². The molecule has 0 bridgehead atoms. The molecule has 1 unspecified atom stereocenters. The molecule has 144 valence electrons. The van der Waals surface area contributed by atoms with Crippen LogP contribution in [0.3, 0.4) is 0 Å². The summed E-state index contributed by atoms with van der Waals surface area (Å²) in [6.45, 7) is 1.15. The van der Waals surface area contributed by atoms with E-state index in [0.29, 0.717) is 10.5 Å². The molecule has 0 fully saturated rings. The number of halogens is 6. The van der Waals surface area contributed by atoms with E-state index in [2.05, 4.69) is 15.9 Å². The summed E-state index contributed by atoms with van der Waals surface area (Å²) in [6.07, 6.45) is -6.23. The van der Waals surface area contributed by atoms with Crippen molar-refractivity contribution < 1.29 is 31.9 Å². The lowest BCUT2D eigenvalue weighted by Crippen LogP contribution is -2.31. The van der Waals surface area contributed by atoms with Crippen molar-refractivity contribution in [1.82, 2.24) is 0 Å². The molecule has 27 heavy (non-hydrogen) atoms. The number of nitrogens with one attached hydrogen (secondary N) is 1. The summed E-state index contributed by atoms with van der Waals surface area (Å²) in [5.41, 5.74) is -2.12. The highest BCUT2D eigenvalue weighted by Crippen LogP contribution is 2.36. The maximum absolute atomic E-state index is 13.8. The van der Waals surface area contributed by atoms with Crippen LogP contribution in [0.2, 0.25) is 5.02 Å². The molecule has 2 aromatic rings. The monoisotopic (exact) mass is 467 g/mol. The van der Waals surface area contributed by atoms with E-state index >= 15 is 0 Å². The fraction of sp³-hybridized carbons (Fsp3) is 0.176. The van der Waals surface area contributed by atoms with E-state index in [4.69, 9.17) is 16.3 Å². The van der Waals surface area contributed by atoms with Gasteiger partial charge in [-0.05, 0) is 43.3 Å². The van der Waals surface area contributed by atoms with E-state index in [1.165, 1.54) is 12.1 Å². The average Bonchev–Trinajstić information content (AvgIpc) is 2.55. The third-order valence-corrected chi connectivity index (χ3v) is 4.08. The fourth-order valence-electron chi connectivity index (χ4n) is 2.03. The number of alkyl halides is 3. The van der Waals surface area contributed by atoms with Crippen molar-refractivity contribution in [1.29, 1.82) is 0 Å². The topological polar surface area (TPSA) is 55.4 Å². The Bertz CT molecular complexity index is 889. The zero-order valence-corrected chi connectivity index (χ0v) is 15.9. The molecule has 0 saturated carbocycles. The predicted molar refractivity (Wildman–Crippen MR) is 94.1 cm³/mol. The summed E-state index contributed by atoms with van der Waals surface area (Å²) >= 11 is 8.59. The Hall–Kier alpha value is -2.13. The molecule has 0 aromatic heterocycles. The molecular formula is C17H11BrClF4NO3. The van der Waals surface area contributed by atoms with Gasteiger partial charge in [-0.15, -0.1) is 0 Å². The van der Waals surface area contributed by atoms with Crippen molar-refractivity contribution in [3.63, 3.8) is 0 Å². The zero-order chi connectivity index (χ0) is 20.4. The van der Waals surface area contributed by atoms with Crippen molar-refractivity contribution in [3.05, 3.63) is 62.8 Å². The van der Waals surface area contributed by atoms with Gasteiger partial charge in [0, 0.05) is 9.50 Å². The molecule has 0 heterocycles. The van der Waals surface area contributed by atoms with Crippen LogP contribution in [0.5, 0.6) is 0 Å². The number of esters is 1. The van der Waals surface area contributed by atoms with Gasteiger partial charge in [0.05, 0.1) is 16.8 Å². The third-order valence-electron chi connectivity index (χ3n) is 3.35. The maximum atomic E-state index is 13.8. The molecular weight excluding hydrogens is 458 g/mol. The van der Waals surface area contributed by atoms with Gasteiger partial charge in [0.25, 0.3) is 5.91 Å². The smallest absolute Gasteiger partial charge is 0.418 e. The van der Waals surface area contributed by atoms with E-state index in [1.807, 2.05) is 5.32 Å². The molecule has 1 N–H and O–H groups in total. The van der Waals surface area contributed by atoms with Crippen LogP contribution in [0.1, 0.15) is 22.8 Å². The first-order valence-corrected chi connectivity index (χ1v) is 8.50. The zero-order valence-electron chi connectivity index (χ0n) is 13.5.